The number of amides is 1. The molecule has 0 radical (unpaired) electrons. The third kappa shape index (κ3) is 3.34. The largest absolute Gasteiger partial charge is 0.507 e. The average molecular weight is 377 g/mol. The number of aliphatic hydroxyl groups is 1. The highest BCUT2D eigenvalue weighted by Gasteiger charge is 2.46. The van der Waals surface area contributed by atoms with Crippen molar-refractivity contribution in [2.75, 3.05) is 13.2 Å². The first-order chi connectivity index (χ1) is 13.6. The summed E-state index contributed by atoms with van der Waals surface area (Å²) in [5, 5.41) is 11.0. The zero-order valence-corrected chi connectivity index (χ0v) is 15.8. The molecule has 4 rings (SSSR count). The molecule has 0 aromatic heterocycles. The molecule has 2 aromatic carbocycles. The third-order valence-electron chi connectivity index (χ3n) is 5.40. The predicted molar refractivity (Wildman–Crippen MR) is 106 cm³/mol. The average Bonchev–Trinajstić information content (AvgIpc) is 3.31. The number of carbonyl (C=O) groups excluding carboxylic acids is 2. The van der Waals surface area contributed by atoms with E-state index in [0.717, 1.165) is 24.0 Å². The van der Waals surface area contributed by atoms with Gasteiger partial charge in [0.15, 0.2) is 0 Å². The molecular weight excluding hydrogens is 354 g/mol. The molecule has 2 heterocycles. The van der Waals surface area contributed by atoms with Crippen molar-refractivity contribution in [3.8, 4) is 0 Å². The molecule has 0 saturated carbocycles. The van der Waals surface area contributed by atoms with Gasteiger partial charge < -0.3 is 14.7 Å². The Labute approximate surface area is 164 Å². The molecule has 1 N–H and O–H groups in total. The van der Waals surface area contributed by atoms with Crippen LogP contribution >= 0.6 is 0 Å². The van der Waals surface area contributed by atoms with Crippen LogP contribution in [0.15, 0.2) is 60.2 Å². The van der Waals surface area contributed by atoms with Crippen LogP contribution in [0.3, 0.4) is 0 Å². The number of benzene rings is 2. The fraction of sp³-hybridized carbons (Fsp3) is 0.304. The van der Waals surface area contributed by atoms with Crippen LogP contribution < -0.4 is 0 Å². The molecule has 144 valence electrons. The Balaban J connectivity index is 1.80. The third-order valence-corrected chi connectivity index (χ3v) is 5.40. The lowest BCUT2D eigenvalue weighted by Crippen LogP contribution is -2.36. The lowest BCUT2D eigenvalue weighted by Gasteiger charge is -2.27. The van der Waals surface area contributed by atoms with Gasteiger partial charge in [-0.05, 0) is 25.3 Å². The fourth-order valence-corrected chi connectivity index (χ4v) is 3.92. The highest BCUT2D eigenvalue weighted by Crippen LogP contribution is 2.39. The number of nitrogens with zero attached hydrogens (tertiary/aromatic N) is 1. The van der Waals surface area contributed by atoms with Crippen LogP contribution in [0.2, 0.25) is 0 Å². The SMILES string of the molecule is Cc1ccc(C(O)=C2C(=O)C(=O)N(C[C@H]3CCCO3)[C@@H]2c2ccccc2)cc1. The molecule has 5 heteroatoms. The molecule has 2 fully saturated rings. The molecule has 2 saturated heterocycles. The van der Waals surface area contributed by atoms with Gasteiger partial charge in [0.05, 0.1) is 17.7 Å². The first-order valence-electron chi connectivity index (χ1n) is 9.58. The van der Waals surface area contributed by atoms with E-state index in [0.29, 0.717) is 18.7 Å². The summed E-state index contributed by atoms with van der Waals surface area (Å²) < 4.78 is 5.69. The van der Waals surface area contributed by atoms with Gasteiger partial charge in [-0.3, -0.25) is 9.59 Å². The number of aryl methyl sites for hydroxylation is 1. The highest BCUT2D eigenvalue weighted by atomic mass is 16.5. The van der Waals surface area contributed by atoms with Gasteiger partial charge in [0.1, 0.15) is 5.76 Å². The Morgan fingerprint density at radius 3 is 2.46 bits per heavy atom. The first-order valence-corrected chi connectivity index (χ1v) is 9.58. The van der Waals surface area contributed by atoms with E-state index in [1.807, 2.05) is 49.4 Å². The van der Waals surface area contributed by atoms with Gasteiger partial charge in [-0.2, -0.15) is 0 Å². The van der Waals surface area contributed by atoms with Gasteiger partial charge in [0.2, 0.25) is 0 Å². The summed E-state index contributed by atoms with van der Waals surface area (Å²) in [7, 11) is 0. The Morgan fingerprint density at radius 1 is 1.11 bits per heavy atom. The van der Waals surface area contributed by atoms with Gasteiger partial charge in [-0.1, -0.05) is 60.2 Å². The highest BCUT2D eigenvalue weighted by molar-refractivity contribution is 6.46. The van der Waals surface area contributed by atoms with Crippen molar-refractivity contribution >= 4 is 17.4 Å². The summed E-state index contributed by atoms with van der Waals surface area (Å²) in [6, 6.07) is 16.0. The van der Waals surface area contributed by atoms with E-state index in [1.165, 1.54) is 0 Å². The molecule has 0 aliphatic carbocycles. The molecule has 2 atom stereocenters. The minimum atomic E-state index is -0.648. The standard InChI is InChI=1S/C23H23NO4/c1-15-9-11-17(12-10-15)21(25)19-20(16-6-3-2-4-7-16)24(23(27)22(19)26)14-18-8-5-13-28-18/h2-4,6-7,9-12,18,20,25H,5,8,13-14H2,1H3/t18-,20-/m1/s1. The number of carbonyl (C=O) groups is 2. The number of Topliss-reactive ketones (excluding diaryl/α,β-unsaturated/α-hetero) is 1. The van der Waals surface area contributed by atoms with Crippen LogP contribution in [0.4, 0.5) is 0 Å². The second-order valence-electron chi connectivity index (χ2n) is 7.36. The van der Waals surface area contributed by atoms with E-state index in [1.54, 1.807) is 17.0 Å². The molecule has 5 nitrogen and oxygen atoms in total. The number of hydrogen-bond acceptors (Lipinski definition) is 4. The molecule has 0 bridgehead atoms. The number of aliphatic hydroxyl groups excluding tert-OH is 1. The molecule has 2 aliphatic rings. The van der Waals surface area contributed by atoms with Gasteiger partial charge >= 0.3 is 0 Å². The van der Waals surface area contributed by atoms with Gasteiger partial charge in [0.25, 0.3) is 11.7 Å². The quantitative estimate of drug-likeness (QED) is 0.502. The van der Waals surface area contributed by atoms with Crippen LogP contribution in [0, 0.1) is 6.92 Å². The van der Waals surface area contributed by atoms with E-state index in [4.69, 9.17) is 4.74 Å². The molecule has 28 heavy (non-hydrogen) atoms. The number of likely N-dealkylation sites (tertiary alicyclic amines) is 1. The van der Waals surface area contributed by atoms with Crippen LogP contribution in [0.5, 0.6) is 0 Å². The van der Waals surface area contributed by atoms with Crippen molar-refractivity contribution in [2.45, 2.75) is 31.9 Å². The Kier molecular flexibility index (Phi) is 5.01. The van der Waals surface area contributed by atoms with Gasteiger partial charge in [-0.15, -0.1) is 0 Å². The maximum Gasteiger partial charge on any atom is 0.295 e. The molecule has 1 amide bonds. The Morgan fingerprint density at radius 2 is 1.82 bits per heavy atom. The zero-order valence-electron chi connectivity index (χ0n) is 15.8. The second-order valence-corrected chi connectivity index (χ2v) is 7.36. The minimum absolute atomic E-state index is 0.0798. The van der Waals surface area contributed by atoms with Crippen molar-refractivity contribution in [1.29, 1.82) is 0 Å². The summed E-state index contributed by atoms with van der Waals surface area (Å²) >= 11 is 0. The summed E-state index contributed by atoms with van der Waals surface area (Å²) in [6.45, 7) is 2.97. The van der Waals surface area contributed by atoms with Crippen LogP contribution in [0.25, 0.3) is 5.76 Å². The van der Waals surface area contributed by atoms with Crippen LogP contribution in [-0.2, 0) is 14.3 Å². The van der Waals surface area contributed by atoms with E-state index >= 15 is 0 Å². The van der Waals surface area contributed by atoms with Crippen molar-refractivity contribution in [3.63, 3.8) is 0 Å². The molecular formula is C23H23NO4. The van der Waals surface area contributed by atoms with E-state index in [-0.39, 0.29) is 17.4 Å². The Bertz CT molecular complexity index is 911. The van der Waals surface area contributed by atoms with Crippen molar-refractivity contribution < 1.29 is 19.4 Å². The maximum atomic E-state index is 12.9. The lowest BCUT2D eigenvalue weighted by atomic mass is 9.95. The normalized spacial score (nSPS) is 24.1. The van der Waals surface area contributed by atoms with E-state index in [9.17, 15) is 14.7 Å². The predicted octanol–water partition coefficient (Wildman–Crippen LogP) is 3.60. The maximum absolute atomic E-state index is 12.9. The van der Waals surface area contributed by atoms with Crippen molar-refractivity contribution in [2.24, 2.45) is 0 Å². The summed E-state index contributed by atoms with van der Waals surface area (Å²) in [5.41, 5.74) is 2.52. The topological polar surface area (TPSA) is 66.8 Å². The summed E-state index contributed by atoms with van der Waals surface area (Å²) in [6.07, 6.45) is 1.74. The molecule has 2 aliphatic heterocycles. The van der Waals surface area contributed by atoms with Gasteiger partial charge in [0, 0.05) is 18.7 Å². The molecule has 2 aromatic rings. The summed E-state index contributed by atoms with van der Waals surface area (Å²) in [5.74, 6) is -1.37. The first kappa shape index (κ1) is 18.4. The fourth-order valence-electron chi connectivity index (χ4n) is 3.92. The van der Waals surface area contributed by atoms with Crippen molar-refractivity contribution in [3.05, 3.63) is 76.9 Å². The van der Waals surface area contributed by atoms with Crippen molar-refractivity contribution in [1.82, 2.24) is 4.90 Å². The number of rotatable bonds is 4. The monoisotopic (exact) mass is 377 g/mol. The minimum Gasteiger partial charge on any atom is -0.507 e. The smallest absolute Gasteiger partial charge is 0.295 e. The van der Waals surface area contributed by atoms with Crippen LogP contribution in [0.1, 0.15) is 35.6 Å². The van der Waals surface area contributed by atoms with Crippen LogP contribution in [-0.4, -0.2) is 41.0 Å². The van der Waals surface area contributed by atoms with E-state index < -0.39 is 17.7 Å². The number of hydrogen-bond donors (Lipinski definition) is 1. The molecule has 0 spiro atoms. The van der Waals surface area contributed by atoms with Gasteiger partial charge in [-0.25, -0.2) is 0 Å². The Hall–Kier alpha value is -2.92. The molecule has 0 unspecified atom stereocenters. The number of ketones is 1. The second kappa shape index (κ2) is 7.60. The van der Waals surface area contributed by atoms with E-state index in [2.05, 4.69) is 0 Å². The summed E-state index contributed by atoms with van der Waals surface area (Å²) in [4.78, 5) is 27.3. The lowest BCUT2D eigenvalue weighted by molar-refractivity contribution is -0.140. The number of ether oxygens (including phenoxy) is 1. The zero-order chi connectivity index (χ0) is 19.7.